The molecule has 128 valence electrons. The summed E-state index contributed by atoms with van der Waals surface area (Å²) in [5.41, 5.74) is 3.11. The summed E-state index contributed by atoms with van der Waals surface area (Å²) in [5, 5.41) is 2.65. The van der Waals surface area contributed by atoms with Crippen LogP contribution in [0.3, 0.4) is 0 Å². The number of ether oxygens (including phenoxy) is 1. The van der Waals surface area contributed by atoms with Gasteiger partial charge in [-0.3, -0.25) is 14.5 Å². The van der Waals surface area contributed by atoms with Gasteiger partial charge in [0.1, 0.15) is 0 Å². The number of anilines is 1. The molecule has 5 nitrogen and oxygen atoms in total. The molecule has 0 atom stereocenters. The first-order valence-electron chi connectivity index (χ1n) is 7.95. The lowest BCUT2D eigenvalue weighted by Crippen LogP contribution is -2.30. The third-order valence-corrected chi connectivity index (χ3v) is 4.55. The Bertz CT molecular complexity index is 695. The lowest BCUT2D eigenvalue weighted by molar-refractivity contribution is -0.140. The summed E-state index contributed by atoms with van der Waals surface area (Å²) in [7, 11) is 1.35. The van der Waals surface area contributed by atoms with Crippen molar-refractivity contribution in [3.05, 3.63) is 35.2 Å². The van der Waals surface area contributed by atoms with Crippen molar-refractivity contribution < 1.29 is 14.3 Å². The molecule has 1 heterocycles. The Morgan fingerprint density at radius 1 is 1.21 bits per heavy atom. The maximum atomic E-state index is 12.4. The van der Waals surface area contributed by atoms with Gasteiger partial charge in [-0.25, -0.2) is 4.98 Å². The molecular weight excluding hydrogens is 324 g/mol. The van der Waals surface area contributed by atoms with Crippen LogP contribution in [-0.4, -0.2) is 30.5 Å². The highest BCUT2D eigenvalue weighted by atomic mass is 32.1. The topological polar surface area (TPSA) is 59.5 Å². The molecule has 0 saturated heterocycles. The molecule has 0 fully saturated rings. The number of aryl methyl sites for hydroxylation is 1. The number of methoxy groups -OCH3 is 1. The van der Waals surface area contributed by atoms with Crippen molar-refractivity contribution in [1.29, 1.82) is 0 Å². The van der Waals surface area contributed by atoms with Crippen molar-refractivity contribution >= 4 is 28.3 Å². The van der Waals surface area contributed by atoms with Gasteiger partial charge in [0.05, 0.1) is 12.8 Å². The molecule has 1 aromatic carbocycles. The Labute approximate surface area is 146 Å². The SMILES string of the molecule is CCN(C(=O)CCCC(=O)OC)c1nc(-c2ccc(C)cc2)cs1. The fourth-order valence-electron chi connectivity index (χ4n) is 2.28. The minimum atomic E-state index is -0.290. The van der Waals surface area contributed by atoms with Crippen molar-refractivity contribution in [3.63, 3.8) is 0 Å². The van der Waals surface area contributed by atoms with Gasteiger partial charge < -0.3 is 4.74 Å². The van der Waals surface area contributed by atoms with Crippen molar-refractivity contribution in [2.24, 2.45) is 0 Å². The second-order valence-corrected chi connectivity index (χ2v) is 6.29. The molecule has 0 saturated carbocycles. The van der Waals surface area contributed by atoms with Crippen LogP contribution in [0.5, 0.6) is 0 Å². The molecule has 0 bridgehead atoms. The van der Waals surface area contributed by atoms with Gasteiger partial charge in [0.15, 0.2) is 5.13 Å². The van der Waals surface area contributed by atoms with E-state index in [1.165, 1.54) is 24.0 Å². The average Bonchev–Trinajstić information content (AvgIpc) is 3.05. The van der Waals surface area contributed by atoms with E-state index in [-0.39, 0.29) is 18.3 Å². The van der Waals surface area contributed by atoms with Crippen LogP contribution in [0, 0.1) is 6.92 Å². The molecule has 6 heteroatoms. The summed E-state index contributed by atoms with van der Waals surface area (Å²) in [6.07, 6.45) is 1.05. The van der Waals surface area contributed by atoms with E-state index in [9.17, 15) is 9.59 Å². The van der Waals surface area contributed by atoms with Gasteiger partial charge in [-0.05, 0) is 20.3 Å². The molecule has 1 aromatic heterocycles. The first-order valence-corrected chi connectivity index (χ1v) is 8.83. The quantitative estimate of drug-likeness (QED) is 0.715. The van der Waals surface area contributed by atoms with Gasteiger partial charge in [0.2, 0.25) is 5.91 Å². The highest BCUT2D eigenvalue weighted by molar-refractivity contribution is 7.14. The number of carbonyl (C=O) groups is 2. The van der Waals surface area contributed by atoms with Crippen LogP contribution in [0.1, 0.15) is 31.7 Å². The summed E-state index contributed by atoms with van der Waals surface area (Å²) < 4.78 is 4.59. The lowest BCUT2D eigenvalue weighted by Gasteiger charge is -2.17. The molecule has 0 N–H and O–H groups in total. The van der Waals surface area contributed by atoms with E-state index < -0.39 is 0 Å². The van der Waals surface area contributed by atoms with Crippen molar-refractivity contribution in [1.82, 2.24) is 4.98 Å². The van der Waals surface area contributed by atoms with Gasteiger partial charge in [0, 0.05) is 30.3 Å². The molecule has 24 heavy (non-hydrogen) atoms. The minimum Gasteiger partial charge on any atom is -0.469 e. The van der Waals surface area contributed by atoms with Crippen LogP contribution in [-0.2, 0) is 14.3 Å². The van der Waals surface area contributed by atoms with Crippen LogP contribution in [0.25, 0.3) is 11.3 Å². The van der Waals surface area contributed by atoms with Gasteiger partial charge in [0.25, 0.3) is 0 Å². The van der Waals surface area contributed by atoms with E-state index in [0.717, 1.165) is 11.3 Å². The van der Waals surface area contributed by atoms with E-state index in [0.29, 0.717) is 24.5 Å². The zero-order valence-corrected chi connectivity index (χ0v) is 15.1. The fourth-order valence-corrected chi connectivity index (χ4v) is 3.20. The number of thiazole rings is 1. The first kappa shape index (κ1) is 18.1. The molecule has 0 spiro atoms. The number of rotatable bonds is 7. The Morgan fingerprint density at radius 3 is 2.54 bits per heavy atom. The normalized spacial score (nSPS) is 10.5. The van der Waals surface area contributed by atoms with Crippen LogP contribution < -0.4 is 4.90 Å². The summed E-state index contributed by atoms with van der Waals surface area (Å²) in [5.74, 6) is -0.312. The minimum absolute atomic E-state index is 0.0220. The lowest BCUT2D eigenvalue weighted by atomic mass is 10.1. The van der Waals surface area contributed by atoms with E-state index in [2.05, 4.69) is 9.72 Å². The first-order chi connectivity index (χ1) is 11.5. The smallest absolute Gasteiger partial charge is 0.305 e. The number of amides is 1. The maximum Gasteiger partial charge on any atom is 0.305 e. The number of benzene rings is 1. The number of nitrogens with zero attached hydrogens (tertiary/aromatic N) is 2. The number of aromatic nitrogens is 1. The molecule has 0 unspecified atom stereocenters. The van der Waals surface area contributed by atoms with Gasteiger partial charge >= 0.3 is 5.97 Å². The molecule has 1 amide bonds. The number of esters is 1. The van der Waals surface area contributed by atoms with E-state index in [4.69, 9.17) is 0 Å². The maximum absolute atomic E-state index is 12.4. The predicted octanol–water partition coefficient (Wildman–Crippen LogP) is 3.81. The fraction of sp³-hybridized carbons (Fsp3) is 0.389. The van der Waals surface area contributed by atoms with Crippen LogP contribution in [0.4, 0.5) is 5.13 Å². The zero-order chi connectivity index (χ0) is 17.5. The number of hydrogen-bond donors (Lipinski definition) is 0. The zero-order valence-electron chi connectivity index (χ0n) is 14.2. The Morgan fingerprint density at radius 2 is 1.92 bits per heavy atom. The molecule has 0 aliphatic rings. The van der Waals surface area contributed by atoms with Gasteiger partial charge in [-0.1, -0.05) is 29.8 Å². The van der Waals surface area contributed by atoms with E-state index in [1.54, 1.807) is 4.90 Å². The predicted molar refractivity (Wildman–Crippen MR) is 96.2 cm³/mol. The van der Waals surface area contributed by atoms with Crippen molar-refractivity contribution in [2.75, 3.05) is 18.6 Å². The van der Waals surface area contributed by atoms with Crippen molar-refractivity contribution in [3.8, 4) is 11.3 Å². The molecular formula is C18H22N2O3S. The Kier molecular flexibility index (Phi) is 6.49. The molecule has 0 radical (unpaired) electrons. The monoisotopic (exact) mass is 346 g/mol. The molecule has 2 aromatic rings. The van der Waals surface area contributed by atoms with E-state index >= 15 is 0 Å². The highest BCUT2D eigenvalue weighted by Crippen LogP contribution is 2.28. The van der Waals surface area contributed by atoms with Crippen LogP contribution >= 0.6 is 11.3 Å². The van der Waals surface area contributed by atoms with E-state index in [1.807, 2.05) is 43.5 Å². The number of carbonyl (C=O) groups excluding carboxylic acids is 2. The third-order valence-electron chi connectivity index (χ3n) is 3.69. The van der Waals surface area contributed by atoms with Gasteiger partial charge in [-0.15, -0.1) is 11.3 Å². The average molecular weight is 346 g/mol. The summed E-state index contributed by atoms with van der Waals surface area (Å²) >= 11 is 1.46. The summed E-state index contributed by atoms with van der Waals surface area (Å²) in [4.78, 5) is 29.8. The van der Waals surface area contributed by atoms with Crippen molar-refractivity contribution in [2.45, 2.75) is 33.1 Å². The van der Waals surface area contributed by atoms with Crippen LogP contribution in [0.15, 0.2) is 29.6 Å². The molecule has 2 rings (SSSR count). The Balaban J connectivity index is 2.04. The largest absolute Gasteiger partial charge is 0.469 e. The standard InChI is InChI=1S/C18H22N2O3S/c1-4-20(16(21)6-5-7-17(22)23-3)18-19-15(12-24-18)14-10-8-13(2)9-11-14/h8-12H,4-7H2,1-3H3. The summed E-state index contributed by atoms with van der Waals surface area (Å²) in [6, 6.07) is 8.15. The number of hydrogen-bond acceptors (Lipinski definition) is 5. The highest BCUT2D eigenvalue weighted by Gasteiger charge is 2.18. The Hall–Kier alpha value is -2.21. The third kappa shape index (κ3) is 4.64. The molecule has 0 aliphatic heterocycles. The van der Waals surface area contributed by atoms with Gasteiger partial charge in [-0.2, -0.15) is 0 Å². The second-order valence-electron chi connectivity index (χ2n) is 5.45. The second kappa shape index (κ2) is 8.59. The molecule has 0 aliphatic carbocycles. The van der Waals surface area contributed by atoms with Crippen LogP contribution in [0.2, 0.25) is 0 Å². The summed E-state index contributed by atoms with van der Waals surface area (Å²) in [6.45, 7) is 4.52.